The van der Waals surface area contributed by atoms with Crippen molar-refractivity contribution in [1.82, 2.24) is 14.5 Å². The molecule has 112 valence electrons. The van der Waals surface area contributed by atoms with Gasteiger partial charge in [0.2, 0.25) is 0 Å². The number of hydrogen-bond donors (Lipinski definition) is 0. The molecule has 10 heteroatoms. The van der Waals surface area contributed by atoms with E-state index in [1.807, 2.05) is 0 Å². The van der Waals surface area contributed by atoms with Crippen LogP contribution in [0.1, 0.15) is 5.69 Å². The second-order valence-electron chi connectivity index (χ2n) is 3.79. The number of carbonyl (C=O) groups is 1. The Balaban J connectivity index is 2.62. The summed E-state index contributed by atoms with van der Waals surface area (Å²) in [6.07, 6.45) is 0.717. The van der Waals surface area contributed by atoms with E-state index >= 15 is 0 Å². The molecule has 0 aliphatic carbocycles. The molecule has 0 unspecified atom stereocenters. The fourth-order valence-corrected chi connectivity index (χ4v) is 1.87. The predicted molar refractivity (Wildman–Crippen MR) is 73.1 cm³/mol. The third-order valence-corrected chi connectivity index (χ3v) is 2.87. The average molecular weight is 325 g/mol. The van der Waals surface area contributed by atoms with E-state index in [1.54, 1.807) is 0 Å². The summed E-state index contributed by atoms with van der Waals surface area (Å²) in [7, 11) is 1.48. The number of nitro groups is 1. The molecule has 0 aromatic carbocycles. The van der Waals surface area contributed by atoms with Crippen molar-refractivity contribution >= 4 is 35.2 Å². The average Bonchev–Trinajstić information content (AvgIpc) is 2.77. The molecule has 0 radical (unpaired) electrons. The molecule has 0 saturated heterocycles. The summed E-state index contributed by atoms with van der Waals surface area (Å²) in [5.41, 5.74) is 0.418. The van der Waals surface area contributed by atoms with Crippen LogP contribution >= 0.6 is 23.2 Å². The Hall–Kier alpha value is -1.54. The monoisotopic (exact) mass is 324 g/mol. The van der Waals surface area contributed by atoms with E-state index in [9.17, 15) is 14.9 Å². The lowest BCUT2D eigenvalue weighted by molar-refractivity contribution is -0.396. The highest BCUT2D eigenvalue weighted by Gasteiger charge is 2.20. The van der Waals surface area contributed by atoms with Crippen LogP contribution < -0.4 is 0 Å². The van der Waals surface area contributed by atoms with Gasteiger partial charge in [-0.2, -0.15) is 0 Å². The van der Waals surface area contributed by atoms with Gasteiger partial charge in [-0.1, -0.05) is 4.98 Å². The molecule has 0 aliphatic rings. The van der Waals surface area contributed by atoms with Gasteiger partial charge >= 0.3 is 12.0 Å². The van der Waals surface area contributed by atoms with E-state index in [1.165, 1.54) is 22.7 Å². The quantitative estimate of drug-likeness (QED) is 0.433. The second kappa shape index (κ2) is 7.91. The SMILES string of the molecule is Cn1c(COC(=O)N(CCCl)CCCl)cnc1[N+](=O)[O-]. The van der Waals surface area contributed by atoms with Crippen LogP contribution in [0.5, 0.6) is 0 Å². The Kier molecular flexibility index (Phi) is 6.53. The molecule has 1 aromatic heterocycles. The van der Waals surface area contributed by atoms with E-state index in [4.69, 9.17) is 27.9 Å². The number of carbonyl (C=O) groups excluding carboxylic acids is 1. The van der Waals surface area contributed by atoms with Crippen molar-refractivity contribution in [2.75, 3.05) is 24.8 Å². The van der Waals surface area contributed by atoms with Crippen LogP contribution in [-0.4, -0.2) is 50.3 Å². The minimum Gasteiger partial charge on any atom is -0.441 e. The maximum atomic E-state index is 11.8. The van der Waals surface area contributed by atoms with E-state index in [-0.39, 0.29) is 24.3 Å². The van der Waals surface area contributed by atoms with Crippen LogP contribution in [0.2, 0.25) is 0 Å². The van der Waals surface area contributed by atoms with Gasteiger partial charge in [0.1, 0.15) is 6.20 Å². The Bertz CT molecular complexity index is 474. The number of hydrogen-bond acceptors (Lipinski definition) is 5. The Morgan fingerprint density at radius 2 is 2.10 bits per heavy atom. The first-order valence-electron chi connectivity index (χ1n) is 5.69. The summed E-state index contributed by atoms with van der Waals surface area (Å²) >= 11 is 11.2. The van der Waals surface area contributed by atoms with Crippen LogP contribution in [0.3, 0.4) is 0 Å². The highest BCUT2D eigenvalue weighted by molar-refractivity contribution is 6.18. The molecule has 0 bridgehead atoms. The Morgan fingerprint density at radius 1 is 1.50 bits per heavy atom. The van der Waals surface area contributed by atoms with Gasteiger partial charge in [-0.05, 0) is 4.92 Å². The van der Waals surface area contributed by atoms with Gasteiger partial charge in [0.05, 0.1) is 7.05 Å². The van der Waals surface area contributed by atoms with Crippen molar-refractivity contribution in [3.63, 3.8) is 0 Å². The first-order valence-corrected chi connectivity index (χ1v) is 6.76. The number of imidazole rings is 1. The van der Waals surface area contributed by atoms with E-state index < -0.39 is 11.0 Å². The molecule has 1 amide bonds. The largest absolute Gasteiger partial charge is 0.441 e. The van der Waals surface area contributed by atoms with Crippen LogP contribution in [0, 0.1) is 10.1 Å². The van der Waals surface area contributed by atoms with E-state index in [0.717, 1.165) is 0 Å². The van der Waals surface area contributed by atoms with E-state index in [0.29, 0.717) is 18.8 Å². The van der Waals surface area contributed by atoms with E-state index in [2.05, 4.69) is 4.98 Å². The number of rotatable bonds is 7. The van der Waals surface area contributed by atoms with Crippen molar-refractivity contribution in [3.8, 4) is 0 Å². The third-order valence-electron chi connectivity index (χ3n) is 2.53. The molecule has 0 fully saturated rings. The molecule has 1 heterocycles. The van der Waals surface area contributed by atoms with Crippen LogP contribution in [0.25, 0.3) is 0 Å². The molecular formula is C10H14Cl2N4O4. The topological polar surface area (TPSA) is 90.5 Å². The predicted octanol–water partition coefficient (Wildman–Crippen LogP) is 1.74. The summed E-state index contributed by atoms with van der Waals surface area (Å²) in [5, 5.41) is 10.6. The van der Waals surface area contributed by atoms with Gasteiger partial charge < -0.3 is 19.8 Å². The molecule has 1 rings (SSSR count). The minimum absolute atomic E-state index is 0.114. The molecule has 0 aliphatic heterocycles. The van der Waals surface area contributed by atoms with Gasteiger partial charge in [-0.15, -0.1) is 23.2 Å². The zero-order valence-electron chi connectivity index (χ0n) is 10.8. The fourth-order valence-electron chi connectivity index (χ4n) is 1.46. The number of amides is 1. The van der Waals surface area contributed by atoms with Crippen molar-refractivity contribution in [2.24, 2.45) is 7.05 Å². The smallest absolute Gasteiger partial charge is 0.434 e. The maximum absolute atomic E-state index is 11.8. The third kappa shape index (κ3) is 4.24. The van der Waals surface area contributed by atoms with Crippen molar-refractivity contribution in [3.05, 3.63) is 22.0 Å². The lowest BCUT2D eigenvalue weighted by Crippen LogP contribution is -2.34. The lowest BCUT2D eigenvalue weighted by atomic mass is 10.5. The number of ether oxygens (including phenoxy) is 1. The molecule has 0 saturated carbocycles. The highest BCUT2D eigenvalue weighted by atomic mass is 35.5. The van der Waals surface area contributed by atoms with Crippen LogP contribution in [0.4, 0.5) is 10.7 Å². The summed E-state index contributed by atoms with van der Waals surface area (Å²) in [4.78, 5) is 26.8. The Labute approximate surface area is 125 Å². The van der Waals surface area contributed by atoms with Crippen molar-refractivity contribution in [2.45, 2.75) is 6.61 Å². The first-order chi connectivity index (χ1) is 9.51. The summed E-state index contributed by atoms with van der Waals surface area (Å²) in [6.45, 7) is 0.522. The number of halogens is 2. The number of alkyl halides is 2. The normalized spacial score (nSPS) is 10.3. The summed E-state index contributed by atoms with van der Waals surface area (Å²) in [5.74, 6) is 0.223. The molecular weight excluding hydrogens is 311 g/mol. The van der Waals surface area contributed by atoms with Crippen LogP contribution in [-0.2, 0) is 18.4 Å². The fraction of sp³-hybridized carbons (Fsp3) is 0.600. The maximum Gasteiger partial charge on any atom is 0.434 e. The number of aromatic nitrogens is 2. The van der Waals surface area contributed by atoms with Crippen molar-refractivity contribution < 1.29 is 14.5 Å². The molecule has 1 aromatic rings. The second-order valence-corrected chi connectivity index (χ2v) is 4.54. The number of nitrogens with zero attached hydrogens (tertiary/aromatic N) is 4. The zero-order chi connectivity index (χ0) is 15.1. The van der Waals surface area contributed by atoms with Gasteiger partial charge in [0.15, 0.2) is 12.3 Å². The standard InChI is InChI=1S/C10H14Cl2N4O4/c1-14-8(6-13-9(14)16(18)19)7-20-10(17)15(4-2-11)5-3-12/h6H,2-5,7H2,1H3. The lowest BCUT2D eigenvalue weighted by Gasteiger charge is -2.19. The zero-order valence-corrected chi connectivity index (χ0v) is 12.3. The summed E-state index contributed by atoms with van der Waals surface area (Å²) < 4.78 is 6.31. The highest BCUT2D eigenvalue weighted by Crippen LogP contribution is 2.12. The molecule has 20 heavy (non-hydrogen) atoms. The summed E-state index contributed by atoms with van der Waals surface area (Å²) in [6, 6.07) is 0. The Morgan fingerprint density at radius 3 is 2.55 bits per heavy atom. The molecule has 0 spiro atoms. The molecule has 8 nitrogen and oxygen atoms in total. The van der Waals surface area contributed by atoms with Gasteiger partial charge in [0.25, 0.3) is 0 Å². The van der Waals surface area contributed by atoms with Gasteiger partial charge in [-0.25, -0.2) is 9.36 Å². The van der Waals surface area contributed by atoms with Crippen LogP contribution in [0.15, 0.2) is 6.20 Å². The molecule has 0 N–H and O–H groups in total. The minimum atomic E-state index is -0.612. The first kappa shape index (κ1) is 16.5. The van der Waals surface area contributed by atoms with Crippen molar-refractivity contribution in [1.29, 1.82) is 0 Å². The molecule has 0 atom stereocenters. The van der Waals surface area contributed by atoms with Gasteiger partial charge in [-0.3, -0.25) is 0 Å². The van der Waals surface area contributed by atoms with Gasteiger partial charge in [0, 0.05) is 24.8 Å².